The Hall–Kier alpha value is -1.74. The minimum absolute atomic E-state index is 0.0667. The van der Waals surface area contributed by atoms with Gasteiger partial charge in [0.05, 0.1) is 0 Å². The predicted octanol–water partition coefficient (Wildman–Crippen LogP) is 4.93. The van der Waals surface area contributed by atoms with Gasteiger partial charge in [-0.2, -0.15) is 11.8 Å². The first-order chi connectivity index (χ1) is 10.1. The lowest BCUT2D eigenvalue weighted by Crippen LogP contribution is -2.11. The maximum atomic E-state index is 12.2. The summed E-state index contributed by atoms with van der Waals surface area (Å²) >= 11 is 1.77. The van der Waals surface area contributed by atoms with E-state index in [9.17, 15) is 4.79 Å². The molecule has 0 saturated carbocycles. The molecule has 0 bridgehead atoms. The predicted molar refractivity (Wildman–Crippen MR) is 92.1 cm³/mol. The molecule has 0 unspecified atom stereocenters. The van der Waals surface area contributed by atoms with E-state index in [1.807, 2.05) is 36.4 Å². The lowest BCUT2D eigenvalue weighted by Gasteiger charge is -2.09. The molecule has 0 aromatic heterocycles. The third kappa shape index (κ3) is 4.36. The summed E-state index contributed by atoms with van der Waals surface area (Å²) in [6, 6.07) is 15.8. The minimum Gasteiger partial charge on any atom is -0.322 e. The van der Waals surface area contributed by atoms with E-state index in [0.29, 0.717) is 11.5 Å². The van der Waals surface area contributed by atoms with E-state index >= 15 is 0 Å². The monoisotopic (exact) mass is 299 g/mol. The van der Waals surface area contributed by atoms with Crippen LogP contribution in [0.3, 0.4) is 0 Å². The number of rotatable bonds is 5. The fourth-order valence-corrected chi connectivity index (χ4v) is 2.60. The second-order valence-electron chi connectivity index (χ2n) is 5.36. The van der Waals surface area contributed by atoms with Gasteiger partial charge in [-0.3, -0.25) is 4.79 Å². The molecule has 110 valence electrons. The van der Waals surface area contributed by atoms with E-state index in [0.717, 1.165) is 11.4 Å². The fraction of sp³-hybridized carbons (Fsp3) is 0.278. The molecule has 1 N–H and O–H groups in total. The molecule has 21 heavy (non-hydrogen) atoms. The van der Waals surface area contributed by atoms with E-state index in [4.69, 9.17) is 0 Å². The number of nitrogens with one attached hydrogen (secondary N) is 1. The first-order valence-corrected chi connectivity index (χ1v) is 8.48. The number of hydrogen-bond acceptors (Lipinski definition) is 2. The Bertz CT molecular complexity index is 588. The van der Waals surface area contributed by atoms with E-state index < -0.39 is 0 Å². The van der Waals surface area contributed by atoms with Crippen LogP contribution in [0.4, 0.5) is 5.69 Å². The Morgan fingerprint density at radius 3 is 2.19 bits per heavy atom. The van der Waals surface area contributed by atoms with Gasteiger partial charge in [-0.05, 0) is 47.6 Å². The van der Waals surface area contributed by atoms with Crippen LogP contribution in [0, 0.1) is 0 Å². The van der Waals surface area contributed by atoms with Gasteiger partial charge in [-0.25, -0.2) is 0 Å². The van der Waals surface area contributed by atoms with E-state index in [1.165, 1.54) is 11.1 Å². The van der Waals surface area contributed by atoms with Crippen LogP contribution in [0.2, 0.25) is 0 Å². The summed E-state index contributed by atoms with van der Waals surface area (Å²) in [7, 11) is 0. The number of anilines is 1. The number of hydrogen-bond donors (Lipinski definition) is 1. The topological polar surface area (TPSA) is 29.1 Å². The molecule has 2 aromatic rings. The lowest BCUT2D eigenvalue weighted by molar-refractivity contribution is 0.102. The van der Waals surface area contributed by atoms with Crippen molar-refractivity contribution in [2.45, 2.75) is 25.5 Å². The fourth-order valence-electron chi connectivity index (χ4n) is 2.07. The summed E-state index contributed by atoms with van der Waals surface area (Å²) in [6.07, 6.45) is 2.07. The highest BCUT2D eigenvalue weighted by atomic mass is 32.2. The normalized spacial score (nSPS) is 10.7. The van der Waals surface area contributed by atoms with Crippen molar-refractivity contribution in [3.63, 3.8) is 0 Å². The Labute approximate surface area is 131 Å². The smallest absolute Gasteiger partial charge is 0.255 e. The molecule has 0 atom stereocenters. The average molecular weight is 299 g/mol. The highest BCUT2D eigenvalue weighted by Gasteiger charge is 2.06. The zero-order valence-electron chi connectivity index (χ0n) is 12.7. The maximum absolute atomic E-state index is 12.2. The summed E-state index contributed by atoms with van der Waals surface area (Å²) < 4.78 is 0. The van der Waals surface area contributed by atoms with Gasteiger partial charge in [0.1, 0.15) is 0 Å². The molecule has 0 aliphatic rings. The summed E-state index contributed by atoms with van der Waals surface area (Å²) in [4.78, 5) is 12.2. The summed E-state index contributed by atoms with van der Waals surface area (Å²) in [5.41, 5.74) is 4.03. The number of carbonyl (C=O) groups is 1. The Morgan fingerprint density at radius 1 is 1.05 bits per heavy atom. The van der Waals surface area contributed by atoms with Crippen LogP contribution in [0.5, 0.6) is 0 Å². The molecule has 2 nitrogen and oxygen atoms in total. The van der Waals surface area contributed by atoms with Crippen LogP contribution in [0.25, 0.3) is 0 Å². The molecule has 3 heteroatoms. The summed E-state index contributed by atoms with van der Waals surface area (Å²) in [5, 5.41) is 2.93. The lowest BCUT2D eigenvalue weighted by atomic mass is 10.0. The van der Waals surface area contributed by atoms with Crippen molar-refractivity contribution >= 4 is 23.4 Å². The second-order valence-corrected chi connectivity index (χ2v) is 6.23. The van der Waals surface area contributed by atoms with Crippen molar-refractivity contribution in [1.29, 1.82) is 0 Å². The van der Waals surface area contributed by atoms with Crippen LogP contribution >= 0.6 is 11.8 Å². The van der Waals surface area contributed by atoms with E-state index in [-0.39, 0.29) is 5.91 Å². The maximum Gasteiger partial charge on any atom is 0.255 e. The molecule has 0 heterocycles. The molecule has 1 amide bonds. The molecule has 2 rings (SSSR count). The number of thioether (sulfide) groups is 1. The minimum atomic E-state index is -0.0667. The van der Waals surface area contributed by atoms with Gasteiger partial charge < -0.3 is 5.32 Å². The summed E-state index contributed by atoms with van der Waals surface area (Å²) in [5.74, 6) is 1.40. The first kappa shape index (κ1) is 15.6. The molecule has 0 aliphatic heterocycles. The van der Waals surface area contributed by atoms with Gasteiger partial charge in [-0.15, -0.1) is 0 Å². The van der Waals surface area contributed by atoms with Crippen LogP contribution in [-0.4, -0.2) is 12.2 Å². The average Bonchev–Trinajstić information content (AvgIpc) is 2.49. The molecule has 0 saturated heterocycles. The Kier molecular flexibility index (Phi) is 5.45. The van der Waals surface area contributed by atoms with Crippen LogP contribution in [0.15, 0.2) is 48.5 Å². The van der Waals surface area contributed by atoms with E-state index in [1.54, 1.807) is 11.8 Å². The molecule has 2 aromatic carbocycles. The Balaban J connectivity index is 2.03. The highest BCUT2D eigenvalue weighted by molar-refractivity contribution is 7.97. The molecular weight excluding hydrogens is 278 g/mol. The number of benzene rings is 2. The van der Waals surface area contributed by atoms with Gasteiger partial charge >= 0.3 is 0 Å². The second kappa shape index (κ2) is 7.32. The zero-order valence-corrected chi connectivity index (χ0v) is 13.5. The molecule has 0 spiro atoms. The largest absolute Gasteiger partial charge is 0.322 e. The van der Waals surface area contributed by atoms with Crippen molar-refractivity contribution in [1.82, 2.24) is 0 Å². The third-order valence-corrected chi connectivity index (χ3v) is 3.98. The molecule has 0 radical (unpaired) electrons. The van der Waals surface area contributed by atoms with Gasteiger partial charge in [0.15, 0.2) is 0 Å². The number of amides is 1. The van der Waals surface area contributed by atoms with Gasteiger partial charge in [-0.1, -0.05) is 38.1 Å². The molecule has 0 fully saturated rings. The van der Waals surface area contributed by atoms with Crippen molar-refractivity contribution in [2.75, 3.05) is 11.6 Å². The van der Waals surface area contributed by atoms with Crippen LogP contribution in [0.1, 0.15) is 41.3 Å². The van der Waals surface area contributed by atoms with Crippen LogP contribution in [-0.2, 0) is 5.75 Å². The highest BCUT2D eigenvalue weighted by Crippen LogP contribution is 2.18. The standard InChI is InChI=1S/C18H21NOS/c1-13(2)15-8-10-17(11-9-15)19-18(20)16-6-4-14(5-7-16)12-21-3/h4-11,13H,12H2,1-3H3,(H,19,20). The molecule has 0 aliphatic carbocycles. The summed E-state index contributed by atoms with van der Waals surface area (Å²) in [6.45, 7) is 4.31. The zero-order chi connectivity index (χ0) is 15.2. The van der Waals surface area contributed by atoms with Gasteiger partial charge in [0.2, 0.25) is 0 Å². The van der Waals surface area contributed by atoms with Crippen molar-refractivity contribution < 1.29 is 4.79 Å². The van der Waals surface area contributed by atoms with Crippen LogP contribution < -0.4 is 5.32 Å². The van der Waals surface area contributed by atoms with Crippen molar-refractivity contribution in [2.24, 2.45) is 0 Å². The molecular formula is C18H21NOS. The van der Waals surface area contributed by atoms with Crippen molar-refractivity contribution in [3.05, 3.63) is 65.2 Å². The van der Waals surface area contributed by atoms with Gasteiger partial charge in [0, 0.05) is 17.0 Å². The number of carbonyl (C=O) groups excluding carboxylic acids is 1. The van der Waals surface area contributed by atoms with E-state index in [2.05, 4.69) is 37.6 Å². The van der Waals surface area contributed by atoms with Gasteiger partial charge in [0.25, 0.3) is 5.91 Å². The van der Waals surface area contributed by atoms with Crippen molar-refractivity contribution in [3.8, 4) is 0 Å². The first-order valence-electron chi connectivity index (χ1n) is 7.09. The Morgan fingerprint density at radius 2 is 1.67 bits per heavy atom. The quantitative estimate of drug-likeness (QED) is 0.848. The SMILES string of the molecule is CSCc1ccc(C(=O)Nc2ccc(C(C)C)cc2)cc1. The third-order valence-electron chi connectivity index (χ3n) is 3.36.